The van der Waals surface area contributed by atoms with E-state index in [0.717, 1.165) is 51.9 Å². The van der Waals surface area contributed by atoms with Crippen molar-refractivity contribution < 1.29 is 14.3 Å². The highest BCUT2D eigenvalue weighted by molar-refractivity contribution is 5.88. The first-order chi connectivity index (χ1) is 14.1. The second-order valence-corrected chi connectivity index (χ2v) is 8.11. The molecule has 1 saturated carbocycles. The van der Waals surface area contributed by atoms with Crippen LogP contribution in [0.1, 0.15) is 63.4 Å². The maximum absolute atomic E-state index is 13.4. The highest BCUT2D eigenvalue weighted by atomic mass is 16.5. The van der Waals surface area contributed by atoms with Gasteiger partial charge in [0.15, 0.2) is 5.54 Å². The molecule has 1 saturated heterocycles. The molecule has 1 amide bonds. The summed E-state index contributed by atoms with van der Waals surface area (Å²) in [4.78, 5) is 30.8. The van der Waals surface area contributed by atoms with Gasteiger partial charge in [-0.2, -0.15) is 0 Å². The summed E-state index contributed by atoms with van der Waals surface area (Å²) in [7, 11) is 1.44. The highest BCUT2D eigenvalue weighted by Gasteiger charge is 2.52. The molecule has 0 bridgehead atoms. The van der Waals surface area contributed by atoms with Crippen molar-refractivity contribution in [1.29, 1.82) is 0 Å². The number of nitrogens with one attached hydrogen (secondary N) is 1. The number of piperazine rings is 1. The molecule has 1 N–H and O–H groups in total. The fraction of sp³-hybridized carbons (Fsp3) is 0.682. The maximum atomic E-state index is 13.4. The van der Waals surface area contributed by atoms with E-state index in [0.29, 0.717) is 19.3 Å². The Hall–Kier alpha value is -1.99. The molecule has 29 heavy (non-hydrogen) atoms. The van der Waals surface area contributed by atoms with Gasteiger partial charge in [-0.05, 0) is 55.7 Å². The fourth-order valence-corrected chi connectivity index (χ4v) is 4.78. The molecule has 0 radical (unpaired) electrons. The lowest BCUT2D eigenvalue weighted by molar-refractivity contribution is -0.192. The summed E-state index contributed by atoms with van der Waals surface area (Å²) in [5.41, 5.74) is 0.234. The molecule has 1 aromatic rings. The predicted molar refractivity (Wildman–Crippen MR) is 111 cm³/mol. The molecule has 2 aliphatic rings. The van der Waals surface area contributed by atoms with Crippen molar-refractivity contribution in [1.82, 2.24) is 20.3 Å². The van der Waals surface area contributed by atoms with Crippen molar-refractivity contribution in [2.45, 2.75) is 63.3 Å². The van der Waals surface area contributed by atoms with Crippen LogP contribution in [0.4, 0.5) is 0 Å². The lowest BCUT2D eigenvalue weighted by Crippen LogP contribution is -2.67. The summed E-state index contributed by atoms with van der Waals surface area (Å²) in [5, 5.41) is 7.23. The molecule has 1 aliphatic carbocycles. The van der Waals surface area contributed by atoms with Crippen LogP contribution in [0.25, 0.3) is 0 Å². The molecule has 0 spiro atoms. The first kappa shape index (κ1) is 21.7. The number of methoxy groups -OCH3 is 1. The Morgan fingerprint density at radius 1 is 1.31 bits per heavy atom. The SMILES string of the molecule is CCCCC(=O)N(N1CCNCC1)C1(C(=O)OC)CCCC(c2ccncc2)C1. The van der Waals surface area contributed by atoms with Crippen molar-refractivity contribution in [3.05, 3.63) is 30.1 Å². The van der Waals surface area contributed by atoms with Gasteiger partial charge in [0, 0.05) is 45.0 Å². The number of pyridine rings is 1. The van der Waals surface area contributed by atoms with E-state index in [2.05, 4.69) is 22.2 Å². The zero-order valence-electron chi connectivity index (χ0n) is 17.7. The van der Waals surface area contributed by atoms with Crippen LogP contribution in [0.15, 0.2) is 24.5 Å². The lowest BCUT2D eigenvalue weighted by Gasteiger charge is -2.51. The number of rotatable bonds is 7. The standard InChI is InChI=1S/C22H34N4O3/c1-3-4-7-20(27)26(25-15-13-24-14-16-25)22(21(28)29-2)10-5-6-19(17-22)18-8-11-23-12-9-18/h8-9,11-12,19,24H,3-7,10,13-17H2,1-2H3. The number of hydrazine groups is 1. The van der Waals surface area contributed by atoms with E-state index in [1.165, 1.54) is 12.7 Å². The average molecular weight is 403 g/mol. The van der Waals surface area contributed by atoms with E-state index in [4.69, 9.17) is 4.74 Å². The molecular weight excluding hydrogens is 368 g/mol. The van der Waals surface area contributed by atoms with Crippen molar-refractivity contribution >= 4 is 11.9 Å². The number of hydrogen-bond donors (Lipinski definition) is 1. The number of amides is 1. The Bertz CT molecular complexity index is 678. The van der Waals surface area contributed by atoms with Gasteiger partial charge in [-0.25, -0.2) is 9.80 Å². The first-order valence-electron chi connectivity index (χ1n) is 10.9. The molecule has 160 valence electrons. The molecule has 2 heterocycles. The van der Waals surface area contributed by atoms with Gasteiger partial charge in [-0.15, -0.1) is 0 Å². The lowest BCUT2D eigenvalue weighted by atomic mass is 9.72. The predicted octanol–water partition coefficient (Wildman–Crippen LogP) is 2.49. The minimum atomic E-state index is -0.941. The van der Waals surface area contributed by atoms with Crippen LogP contribution in [0.2, 0.25) is 0 Å². The van der Waals surface area contributed by atoms with Gasteiger partial charge in [0.25, 0.3) is 0 Å². The molecule has 1 aliphatic heterocycles. The van der Waals surface area contributed by atoms with Gasteiger partial charge >= 0.3 is 5.97 Å². The molecule has 7 nitrogen and oxygen atoms in total. The third-order valence-corrected chi connectivity index (χ3v) is 6.23. The fourth-order valence-electron chi connectivity index (χ4n) is 4.78. The number of nitrogens with zero attached hydrogens (tertiary/aromatic N) is 3. The van der Waals surface area contributed by atoms with Crippen molar-refractivity contribution in [2.75, 3.05) is 33.3 Å². The summed E-state index contributed by atoms with van der Waals surface area (Å²) < 4.78 is 5.32. The Morgan fingerprint density at radius 2 is 2.03 bits per heavy atom. The van der Waals surface area contributed by atoms with Gasteiger partial charge in [-0.3, -0.25) is 14.8 Å². The smallest absolute Gasteiger partial charge is 0.333 e. The van der Waals surface area contributed by atoms with E-state index >= 15 is 0 Å². The average Bonchev–Trinajstić information content (AvgIpc) is 2.78. The number of carbonyl (C=O) groups is 2. The summed E-state index contributed by atoms with van der Waals surface area (Å²) in [6, 6.07) is 4.04. The van der Waals surface area contributed by atoms with Crippen LogP contribution in [-0.4, -0.2) is 65.7 Å². The summed E-state index contributed by atoms with van der Waals surface area (Å²) in [6.45, 7) is 5.14. The quantitative estimate of drug-likeness (QED) is 0.707. The van der Waals surface area contributed by atoms with Gasteiger partial charge in [-0.1, -0.05) is 13.3 Å². The molecule has 2 atom stereocenters. The Balaban J connectivity index is 1.97. The van der Waals surface area contributed by atoms with Crippen LogP contribution < -0.4 is 5.32 Å². The topological polar surface area (TPSA) is 74.8 Å². The van der Waals surface area contributed by atoms with Crippen LogP contribution in [0.3, 0.4) is 0 Å². The zero-order chi connectivity index (χ0) is 20.7. The van der Waals surface area contributed by atoms with Crippen LogP contribution in [0.5, 0.6) is 0 Å². The number of esters is 1. The number of ether oxygens (including phenoxy) is 1. The van der Waals surface area contributed by atoms with Crippen molar-refractivity contribution in [3.8, 4) is 0 Å². The molecule has 2 fully saturated rings. The number of aromatic nitrogens is 1. The monoisotopic (exact) mass is 402 g/mol. The second-order valence-electron chi connectivity index (χ2n) is 8.11. The van der Waals surface area contributed by atoms with Crippen LogP contribution in [0, 0.1) is 0 Å². The van der Waals surface area contributed by atoms with Gasteiger partial charge in [0.2, 0.25) is 5.91 Å². The third-order valence-electron chi connectivity index (χ3n) is 6.23. The van der Waals surface area contributed by atoms with Crippen molar-refractivity contribution in [2.24, 2.45) is 0 Å². The van der Waals surface area contributed by atoms with E-state index < -0.39 is 5.54 Å². The second kappa shape index (κ2) is 10.2. The number of carbonyl (C=O) groups excluding carboxylic acids is 2. The normalized spacial score (nSPS) is 25.4. The molecule has 7 heteroatoms. The summed E-state index contributed by atoms with van der Waals surface area (Å²) >= 11 is 0. The number of unbranched alkanes of at least 4 members (excludes halogenated alkanes) is 1. The molecular formula is C22H34N4O3. The maximum Gasteiger partial charge on any atom is 0.333 e. The molecule has 3 rings (SSSR count). The van der Waals surface area contributed by atoms with E-state index in [1.54, 1.807) is 12.4 Å². The zero-order valence-corrected chi connectivity index (χ0v) is 17.7. The van der Waals surface area contributed by atoms with Crippen LogP contribution in [-0.2, 0) is 14.3 Å². The number of hydrogen-bond acceptors (Lipinski definition) is 6. The molecule has 0 aromatic carbocycles. The Morgan fingerprint density at radius 3 is 2.69 bits per heavy atom. The van der Waals surface area contributed by atoms with E-state index in [-0.39, 0.29) is 17.8 Å². The van der Waals surface area contributed by atoms with Gasteiger partial charge in [0.1, 0.15) is 0 Å². The largest absolute Gasteiger partial charge is 0.467 e. The Kier molecular flexibility index (Phi) is 7.61. The van der Waals surface area contributed by atoms with Gasteiger partial charge in [0.05, 0.1) is 7.11 Å². The summed E-state index contributed by atoms with van der Waals surface area (Å²) in [6.07, 6.45) is 8.94. The Labute approximate surface area is 173 Å². The third kappa shape index (κ3) is 4.78. The molecule has 1 aromatic heterocycles. The summed E-state index contributed by atoms with van der Waals surface area (Å²) in [5.74, 6) is -0.0515. The van der Waals surface area contributed by atoms with E-state index in [9.17, 15) is 9.59 Å². The highest BCUT2D eigenvalue weighted by Crippen LogP contribution is 2.43. The minimum Gasteiger partial charge on any atom is -0.467 e. The molecule has 2 unspecified atom stereocenters. The first-order valence-corrected chi connectivity index (χ1v) is 10.9. The van der Waals surface area contributed by atoms with E-state index in [1.807, 2.05) is 17.1 Å². The van der Waals surface area contributed by atoms with Crippen LogP contribution >= 0.6 is 0 Å². The van der Waals surface area contributed by atoms with Crippen molar-refractivity contribution in [3.63, 3.8) is 0 Å². The van der Waals surface area contributed by atoms with Gasteiger partial charge < -0.3 is 10.1 Å². The minimum absolute atomic E-state index is 0.0366.